The molecule has 5 nitrogen and oxygen atoms in total. The molecule has 2 aliphatic rings. The van der Waals surface area contributed by atoms with Crippen LogP contribution in [0.15, 0.2) is 78.9 Å². The van der Waals surface area contributed by atoms with Crippen LogP contribution in [-0.2, 0) is 11.4 Å². The molecule has 36 heavy (non-hydrogen) atoms. The molecule has 2 heterocycles. The van der Waals surface area contributed by atoms with Crippen LogP contribution in [0.5, 0.6) is 5.75 Å². The van der Waals surface area contributed by atoms with Gasteiger partial charge in [0.2, 0.25) is 0 Å². The molecule has 1 atom stereocenters. The van der Waals surface area contributed by atoms with Crippen LogP contribution in [0.3, 0.4) is 0 Å². The van der Waals surface area contributed by atoms with Crippen LogP contribution in [0.2, 0.25) is 0 Å². The molecule has 0 saturated heterocycles. The quantitative estimate of drug-likeness (QED) is 0.251. The molecule has 0 bridgehead atoms. The Kier molecular flexibility index (Phi) is 6.30. The fraction of sp³-hybridized carbons (Fsp3) is 0.267. The van der Waals surface area contributed by atoms with E-state index >= 15 is 0 Å². The molecule has 1 aliphatic heterocycles. The molecule has 0 N–H and O–H groups in total. The molecule has 0 radical (unpaired) electrons. The standard InChI is InChI=1S/C30H27NO4S/c32-29-25-11-5-6-12-26(25)30(33)31(29)35-28(20-8-2-1-3-9-20)21-14-16-23(17-15-21)34-19-24-18-22-10-4-7-13-27(22)36-24/h4-7,10-18,20,28H,1-3,8-9,19H2. The fourth-order valence-electron chi connectivity index (χ4n) is 5.25. The van der Waals surface area contributed by atoms with E-state index in [2.05, 4.69) is 24.3 Å². The molecule has 1 aliphatic carbocycles. The van der Waals surface area contributed by atoms with Crippen LogP contribution in [0, 0.1) is 5.92 Å². The number of amides is 2. The third-order valence-electron chi connectivity index (χ3n) is 7.12. The minimum Gasteiger partial charge on any atom is -0.488 e. The number of imide groups is 1. The van der Waals surface area contributed by atoms with Crippen molar-refractivity contribution in [2.24, 2.45) is 5.92 Å². The Labute approximate surface area is 214 Å². The number of fused-ring (bicyclic) bond motifs is 2. The van der Waals surface area contributed by atoms with Gasteiger partial charge < -0.3 is 4.74 Å². The maximum atomic E-state index is 13.0. The van der Waals surface area contributed by atoms with Gasteiger partial charge in [0.25, 0.3) is 11.8 Å². The zero-order chi connectivity index (χ0) is 24.5. The Bertz CT molecular complexity index is 1340. The van der Waals surface area contributed by atoms with Crippen molar-refractivity contribution in [3.63, 3.8) is 0 Å². The topological polar surface area (TPSA) is 55.8 Å². The Morgan fingerprint density at radius 2 is 1.50 bits per heavy atom. The van der Waals surface area contributed by atoms with Gasteiger partial charge in [0.15, 0.2) is 0 Å². The number of hydrogen-bond donors (Lipinski definition) is 0. The average Bonchev–Trinajstić information content (AvgIpc) is 3.45. The maximum Gasteiger partial charge on any atom is 0.285 e. The number of nitrogens with zero attached hydrogens (tertiary/aromatic N) is 1. The molecule has 4 aromatic rings. The summed E-state index contributed by atoms with van der Waals surface area (Å²) in [6.45, 7) is 0.510. The van der Waals surface area contributed by atoms with Crippen LogP contribution >= 0.6 is 11.3 Å². The second-order valence-electron chi connectivity index (χ2n) is 9.48. The first-order chi connectivity index (χ1) is 17.7. The van der Waals surface area contributed by atoms with Gasteiger partial charge in [-0.1, -0.05) is 61.7 Å². The van der Waals surface area contributed by atoms with Gasteiger partial charge in [-0.2, -0.15) is 0 Å². The van der Waals surface area contributed by atoms with Crippen LogP contribution in [0.25, 0.3) is 10.1 Å². The summed E-state index contributed by atoms with van der Waals surface area (Å²) >= 11 is 1.74. The van der Waals surface area contributed by atoms with Crippen molar-refractivity contribution in [3.8, 4) is 5.75 Å². The molecule has 1 unspecified atom stereocenters. The summed E-state index contributed by atoms with van der Waals surface area (Å²) < 4.78 is 7.32. The van der Waals surface area contributed by atoms with Crippen LogP contribution in [0.1, 0.15) is 69.4 Å². The van der Waals surface area contributed by atoms with Gasteiger partial charge in [0.05, 0.1) is 11.1 Å². The summed E-state index contributed by atoms with van der Waals surface area (Å²) in [7, 11) is 0. The van der Waals surface area contributed by atoms with Crippen LogP contribution < -0.4 is 4.74 Å². The van der Waals surface area contributed by atoms with Crippen molar-refractivity contribution in [3.05, 3.63) is 100 Å². The number of rotatable bonds is 7. The van der Waals surface area contributed by atoms with Gasteiger partial charge in [-0.15, -0.1) is 16.4 Å². The van der Waals surface area contributed by atoms with E-state index in [4.69, 9.17) is 9.57 Å². The van der Waals surface area contributed by atoms with Crippen molar-refractivity contribution in [2.45, 2.75) is 44.8 Å². The molecule has 6 heteroatoms. The lowest BCUT2D eigenvalue weighted by molar-refractivity contribution is -0.156. The third-order valence-corrected chi connectivity index (χ3v) is 8.21. The highest BCUT2D eigenvalue weighted by atomic mass is 32.1. The minimum atomic E-state index is -0.389. The van der Waals surface area contributed by atoms with Crippen LogP contribution in [0.4, 0.5) is 0 Å². The summed E-state index contributed by atoms with van der Waals surface area (Å²) in [6, 6.07) is 25.3. The monoisotopic (exact) mass is 497 g/mol. The fourth-order valence-corrected chi connectivity index (χ4v) is 6.23. The first kappa shape index (κ1) is 23.0. The lowest BCUT2D eigenvalue weighted by Gasteiger charge is -2.32. The molecule has 0 spiro atoms. The normalized spacial score (nSPS) is 16.9. The zero-order valence-electron chi connectivity index (χ0n) is 19.9. The first-order valence-corrected chi connectivity index (χ1v) is 13.3. The van der Waals surface area contributed by atoms with Crippen molar-refractivity contribution in [1.29, 1.82) is 0 Å². The highest BCUT2D eigenvalue weighted by molar-refractivity contribution is 7.19. The number of hydroxylamine groups is 2. The predicted octanol–water partition coefficient (Wildman–Crippen LogP) is 7.33. The number of hydrogen-bond acceptors (Lipinski definition) is 5. The van der Waals surface area contributed by atoms with Crippen molar-refractivity contribution >= 4 is 33.2 Å². The van der Waals surface area contributed by atoms with E-state index in [-0.39, 0.29) is 23.8 Å². The Morgan fingerprint density at radius 1 is 0.833 bits per heavy atom. The molecule has 1 fully saturated rings. The Balaban J connectivity index is 1.19. The second-order valence-corrected chi connectivity index (χ2v) is 10.7. The van der Waals surface area contributed by atoms with E-state index < -0.39 is 0 Å². The van der Waals surface area contributed by atoms with E-state index in [1.54, 1.807) is 35.6 Å². The van der Waals surface area contributed by atoms with Gasteiger partial charge in [-0.3, -0.25) is 14.4 Å². The van der Waals surface area contributed by atoms with Gasteiger partial charge >= 0.3 is 0 Å². The minimum absolute atomic E-state index is 0.244. The molecule has 182 valence electrons. The number of thiophene rings is 1. The van der Waals surface area contributed by atoms with Crippen molar-refractivity contribution in [1.82, 2.24) is 5.06 Å². The summed E-state index contributed by atoms with van der Waals surface area (Å²) in [5, 5.41) is 2.20. The molecular weight excluding hydrogens is 470 g/mol. The van der Waals surface area contributed by atoms with Gasteiger partial charge in [0, 0.05) is 9.58 Å². The van der Waals surface area contributed by atoms with E-state index in [1.165, 1.54) is 21.4 Å². The molecule has 1 saturated carbocycles. The average molecular weight is 498 g/mol. The maximum absolute atomic E-state index is 13.0. The van der Waals surface area contributed by atoms with Gasteiger partial charge in [-0.05, 0) is 66.1 Å². The Hall–Kier alpha value is -3.48. The summed E-state index contributed by atoms with van der Waals surface area (Å²) in [5.74, 6) is 0.243. The van der Waals surface area contributed by atoms with E-state index in [0.29, 0.717) is 17.7 Å². The first-order valence-electron chi connectivity index (χ1n) is 12.5. The molecule has 3 aromatic carbocycles. The summed E-state index contributed by atoms with van der Waals surface area (Å²) in [4.78, 5) is 33.3. The predicted molar refractivity (Wildman–Crippen MR) is 140 cm³/mol. The third kappa shape index (κ3) is 4.43. The van der Waals surface area contributed by atoms with E-state index in [9.17, 15) is 9.59 Å². The number of ether oxygens (including phenoxy) is 1. The number of carbonyl (C=O) groups is 2. The largest absolute Gasteiger partial charge is 0.488 e. The molecule has 6 rings (SSSR count). The molecular formula is C30H27NO4S. The SMILES string of the molecule is O=C1c2ccccc2C(=O)N1OC(c1ccc(OCc2cc3ccccc3s2)cc1)C1CCCCC1. The number of carbonyl (C=O) groups excluding carboxylic acids is 2. The summed E-state index contributed by atoms with van der Waals surface area (Å²) in [6.07, 6.45) is 5.12. The number of benzene rings is 3. The highest BCUT2D eigenvalue weighted by Gasteiger charge is 2.40. The van der Waals surface area contributed by atoms with E-state index in [0.717, 1.165) is 42.1 Å². The molecule has 1 aromatic heterocycles. The second kappa shape index (κ2) is 9.88. The highest BCUT2D eigenvalue weighted by Crippen LogP contribution is 2.39. The summed E-state index contributed by atoms with van der Waals surface area (Å²) in [5.41, 5.74) is 1.75. The van der Waals surface area contributed by atoms with Crippen LogP contribution in [-0.4, -0.2) is 16.9 Å². The Morgan fingerprint density at radius 3 is 2.19 bits per heavy atom. The van der Waals surface area contributed by atoms with E-state index in [1.807, 2.05) is 30.3 Å². The van der Waals surface area contributed by atoms with Gasteiger partial charge in [0.1, 0.15) is 18.5 Å². The zero-order valence-corrected chi connectivity index (χ0v) is 20.7. The van der Waals surface area contributed by atoms with Crippen molar-refractivity contribution in [2.75, 3.05) is 0 Å². The smallest absolute Gasteiger partial charge is 0.285 e. The van der Waals surface area contributed by atoms with Gasteiger partial charge in [-0.25, -0.2) is 0 Å². The molecule has 2 amide bonds. The van der Waals surface area contributed by atoms with Crippen molar-refractivity contribution < 1.29 is 19.2 Å². The lowest BCUT2D eigenvalue weighted by Crippen LogP contribution is -2.34. The lowest BCUT2D eigenvalue weighted by atomic mass is 9.82.